The first kappa shape index (κ1) is 95.2. The molecule has 0 aliphatic heterocycles. The summed E-state index contributed by atoms with van der Waals surface area (Å²) < 4.78 is 46.3. The molecule has 12 heteroatoms. The van der Waals surface area contributed by atoms with Gasteiger partial charge in [0.15, 0.2) is 0 Å². The van der Waals surface area contributed by atoms with Crippen molar-refractivity contribution in [1.82, 2.24) is 0 Å². The number of carbonyl (C=O) groups excluding carboxylic acids is 2. The molecule has 0 aliphatic rings. The van der Waals surface area contributed by atoms with Crippen molar-refractivity contribution in [2.75, 3.05) is 36.2 Å². The van der Waals surface area contributed by atoms with Crippen molar-refractivity contribution < 1.29 is 36.8 Å². The van der Waals surface area contributed by atoms with Crippen LogP contribution in [0.4, 0.5) is 34.1 Å². The van der Waals surface area contributed by atoms with Crippen molar-refractivity contribution in [3.63, 3.8) is 0 Å². The van der Waals surface area contributed by atoms with Crippen molar-refractivity contribution in [3.8, 4) is 44.5 Å². The van der Waals surface area contributed by atoms with Gasteiger partial charge in [-0.15, -0.1) is 0 Å². The van der Waals surface area contributed by atoms with Gasteiger partial charge in [-0.3, -0.25) is 18.7 Å². The maximum Gasteiger partial charge on any atom is 0.335 e. The molecule has 0 aromatic heterocycles. The molecule has 127 heavy (non-hydrogen) atoms. The quantitative estimate of drug-likeness (QED) is 0.0159. The van der Waals surface area contributed by atoms with E-state index >= 15 is 0 Å². The van der Waals surface area contributed by atoms with Gasteiger partial charge in [-0.1, -0.05) is 375 Å². The van der Waals surface area contributed by atoms with Gasteiger partial charge in [0.25, 0.3) is 0 Å². The zero-order chi connectivity index (χ0) is 88.0. The predicted octanol–water partition coefficient (Wildman–Crippen LogP) is 33.2. The molecule has 10 nitrogen and oxygen atoms in total. The minimum Gasteiger partial charge on any atom is -0.311 e. The Morgan fingerprint density at radius 3 is 0.646 bits per heavy atom. The third-order valence-corrected chi connectivity index (χ3v) is 25.9. The van der Waals surface area contributed by atoms with Crippen LogP contribution < -0.4 is 9.80 Å². The molecule has 0 heterocycles. The molecule has 0 fully saturated rings. The Morgan fingerprint density at radius 2 is 0.425 bits per heavy atom. The molecule has 0 aliphatic carbocycles. The highest BCUT2D eigenvalue weighted by Crippen LogP contribution is 2.53. The van der Waals surface area contributed by atoms with E-state index < -0.39 is 15.2 Å². The molecule has 0 amide bonds. The van der Waals surface area contributed by atoms with E-state index in [1.807, 2.05) is 84.9 Å². The molecule has 0 unspecified atom stereocenters. The molecule has 0 saturated heterocycles. The van der Waals surface area contributed by atoms with Crippen LogP contribution in [0.3, 0.4) is 0 Å². The third kappa shape index (κ3) is 29.0. The lowest BCUT2D eigenvalue weighted by molar-refractivity contribution is 0.111. The molecule has 0 radical (unpaired) electrons. The summed E-state index contributed by atoms with van der Waals surface area (Å²) >= 11 is 0. The second-order valence-corrected chi connectivity index (χ2v) is 35.2. The summed E-state index contributed by atoms with van der Waals surface area (Å²) in [5.41, 5.74) is 28.7. The van der Waals surface area contributed by atoms with E-state index in [0.29, 0.717) is 37.6 Å². The largest absolute Gasteiger partial charge is 0.335 e. The fourth-order valence-corrected chi connectivity index (χ4v) is 18.4. The van der Waals surface area contributed by atoms with Gasteiger partial charge in [0.05, 0.1) is 38.8 Å². The van der Waals surface area contributed by atoms with Gasteiger partial charge in [0, 0.05) is 45.3 Å². The maximum absolute atomic E-state index is 12.5. The summed E-state index contributed by atoms with van der Waals surface area (Å²) in [6.45, 7) is 13.0. The molecule has 0 atom stereocenters. The smallest absolute Gasteiger partial charge is 0.311 e. The van der Waals surface area contributed by atoms with E-state index in [2.05, 4.69) is 327 Å². The first-order valence-electron chi connectivity index (χ1n) is 44.3. The molecule has 14 rings (SSSR count). The first-order valence-corrected chi connectivity index (χ1v) is 47.8. The second kappa shape index (κ2) is 50.0. The molecule has 0 N–H and O–H groups in total. The van der Waals surface area contributed by atoms with Crippen LogP contribution >= 0.6 is 15.2 Å². The van der Waals surface area contributed by atoms with Crippen LogP contribution in [0.2, 0.25) is 0 Å². The van der Waals surface area contributed by atoms with E-state index in [0.717, 1.165) is 92.9 Å². The van der Waals surface area contributed by atoms with Crippen LogP contribution in [-0.2, 0) is 52.4 Å². The number of benzene rings is 14. The number of rotatable bonds is 40. The van der Waals surface area contributed by atoms with Crippen molar-refractivity contribution in [3.05, 3.63) is 419 Å². The number of hydrogen-bond acceptors (Lipinski definition) is 10. The van der Waals surface area contributed by atoms with E-state index in [-0.39, 0.29) is 19.8 Å². The normalized spacial score (nSPS) is 11.4. The Hall–Kier alpha value is -12.5. The van der Waals surface area contributed by atoms with Crippen molar-refractivity contribution in [2.45, 2.75) is 126 Å². The van der Waals surface area contributed by atoms with Crippen LogP contribution in [0.25, 0.3) is 81.0 Å². The highest BCUT2D eigenvalue weighted by Gasteiger charge is 2.27. The van der Waals surface area contributed by atoms with E-state index in [9.17, 15) is 18.7 Å². The SMILES string of the molecule is C.CCCCCCc1ccc(N(c2ccc(-c3ccc(C=Cc4ccccc4)cc3)cc2)c2ccc(-c3ccc(C=Cc4ccc(C=Cc5ccccc5)cc4)cc3)cc2)cc1.CCCCCCc1ccc(N(c2ccc(-c3ccc(C=O)cc3)cc2)c2ccc(-c3ccc(C=O)cc3)cc2)cc1.CCOP(=O)(Cc1ccc(CP(=O)(OCC)OCC)cc1)OCC. The van der Waals surface area contributed by atoms with Crippen LogP contribution in [0.5, 0.6) is 0 Å². The number of carbonyl (C=O) groups is 2. The van der Waals surface area contributed by atoms with E-state index in [4.69, 9.17) is 18.1 Å². The zero-order valence-electron chi connectivity index (χ0n) is 73.5. The predicted molar refractivity (Wildman–Crippen MR) is 539 cm³/mol. The Balaban J connectivity index is 0.000000204. The lowest BCUT2D eigenvalue weighted by atomic mass is 10.0. The topological polar surface area (TPSA) is 112 Å². The number of nitrogens with zero attached hydrogens (tertiary/aromatic N) is 2. The molecule has 14 aromatic rings. The van der Waals surface area contributed by atoms with Crippen molar-refractivity contribution in [2.24, 2.45) is 0 Å². The first-order chi connectivity index (χ1) is 61.7. The average Bonchev–Trinajstić information content (AvgIpc) is 0.797. The summed E-state index contributed by atoms with van der Waals surface area (Å²) in [7, 11) is -6.25. The fraction of sp³-hybridized carbons (Fsp3) is 0.200. The van der Waals surface area contributed by atoms with Crippen LogP contribution in [0.1, 0.15) is 177 Å². The summed E-state index contributed by atoms with van der Waals surface area (Å²) in [5, 5.41) is 0. The second-order valence-electron chi connectivity index (χ2n) is 31.0. The van der Waals surface area contributed by atoms with Crippen molar-refractivity contribution >= 4 is 98.3 Å². The minimum atomic E-state index is -3.12. The lowest BCUT2D eigenvalue weighted by Gasteiger charge is -2.26. The molecule has 648 valence electrons. The van der Waals surface area contributed by atoms with Gasteiger partial charge < -0.3 is 27.9 Å². The maximum atomic E-state index is 12.5. The number of hydrogen-bond donors (Lipinski definition) is 0. The monoisotopic (exact) mass is 1720 g/mol. The number of aldehydes is 2. The molecular weight excluding hydrogens is 1600 g/mol. The number of anilines is 6. The Labute approximate surface area is 755 Å². The van der Waals surface area contributed by atoms with E-state index in [1.165, 1.54) is 118 Å². The number of aryl methyl sites for hydroxylation is 2. The Bertz CT molecular complexity index is 5640. The highest BCUT2D eigenvalue weighted by atomic mass is 31.2. The van der Waals surface area contributed by atoms with Gasteiger partial charge >= 0.3 is 15.2 Å². The van der Waals surface area contributed by atoms with Crippen LogP contribution in [-0.4, -0.2) is 39.0 Å². The highest BCUT2D eigenvalue weighted by molar-refractivity contribution is 7.53. The standard InChI is InChI=1S/C60H53N.C38H35NO2.C16H28O6P2.CH4/c1-2-3-4-7-16-49-31-41-58(42-32-49)61(59-43-37-56(38-44-59)54-33-27-52(28-34-54)20-18-48-14-10-6-11-15-48)60-45-39-57(40-46-60)55-35-29-53(30-36-55)26-25-51-23-21-50(22-24-51)19-17-47-12-8-5-9-13-47;1-2-3-4-5-6-29-11-21-36(22-12-29)39(37-23-17-34(18-24-37)32-13-7-30(27-40)8-14-32)38-25-19-35(20-26-38)33-15-9-31(28-41)10-16-33;1-5-19-23(17,20-6-2)13-15-9-11-16(12-10-15)14-24(18,21-7-3)22-8-4;/h5-6,8-15,17-46H,2-4,7,16H2,1H3;7-28H,2-6H2,1H3;9-12H,5-8,13-14H2,1-4H3;1H4. The van der Waals surface area contributed by atoms with Crippen LogP contribution in [0.15, 0.2) is 352 Å². The number of unbranched alkanes of at least 4 members (excludes halogenated alkanes) is 6. The van der Waals surface area contributed by atoms with Gasteiger partial charge in [0.2, 0.25) is 0 Å². The fourth-order valence-electron chi connectivity index (χ4n) is 15.0. The van der Waals surface area contributed by atoms with Gasteiger partial charge in [-0.25, -0.2) is 0 Å². The summed E-state index contributed by atoms with van der Waals surface area (Å²) in [6.07, 6.45) is 27.5. The minimum absolute atomic E-state index is 0. The Morgan fingerprint density at radius 1 is 0.228 bits per heavy atom. The van der Waals surface area contributed by atoms with E-state index in [1.54, 1.807) is 27.7 Å². The summed E-state index contributed by atoms with van der Waals surface area (Å²) in [4.78, 5) is 26.7. The third-order valence-electron chi connectivity index (χ3n) is 21.8. The zero-order valence-corrected chi connectivity index (χ0v) is 75.3. The average molecular weight is 1720 g/mol. The van der Waals surface area contributed by atoms with Gasteiger partial charge in [-0.05, 0) is 226 Å². The van der Waals surface area contributed by atoms with Crippen molar-refractivity contribution in [1.29, 1.82) is 0 Å². The van der Waals surface area contributed by atoms with Crippen LogP contribution in [0, 0.1) is 0 Å². The van der Waals surface area contributed by atoms with Gasteiger partial charge in [0.1, 0.15) is 12.6 Å². The molecular formula is C115H120N2O8P2. The molecule has 14 aromatic carbocycles. The Kier molecular flexibility index (Phi) is 37.5. The molecule has 0 saturated carbocycles. The molecule has 0 bridgehead atoms. The lowest BCUT2D eigenvalue weighted by Crippen LogP contribution is -2.10. The summed E-state index contributed by atoms with van der Waals surface area (Å²) in [5.74, 6) is 0. The summed E-state index contributed by atoms with van der Waals surface area (Å²) in [6, 6.07) is 123. The molecule has 0 spiro atoms. The van der Waals surface area contributed by atoms with Gasteiger partial charge in [-0.2, -0.15) is 0 Å².